The monoisotopic (exact) mass is 283 g/mol. The Hall–Kier alpha value is -1.99. The second kappa shape index (κ2) is 12.1. The van der Waals surface area contributed by atoms with Gasteiger partial charge in [0.25, 0.3) is 0 Å². The minimum absolute atomic E-state index is 0.217. The Kier molecular flexibility index (Phi) is 10.9. The summed E-state index contributed by atoms with van der Waals surface area (Å²) in [6.45, 7) is 17.4. The second-order valence-corrected chi connectivity index (χ2v) is 5.59. The van der Waals surface area contributed by atoms with Crippen LogP contribution in [0.3, 0.4) is 0 Å². The molecule has 0 aromatic heterocycles. The van der Waals surface area contributed by atoms with Gasteiger partial charge in [-0.1, -0.05) is 62.3 Å². The van der Waals surface area contributed by atoms with Gasteiger partial charge in [0.15, 0.2) is 9.81 Å². The van der Waals surface area contributed by atoms with Crippen LogP contribution >= 0.6 is 0 Å². The van der Waals surface area contributed by atoms with E-state index in [9.17, 15) is 0 Å². The lowest BCUT2D eigenvalue weighted by Crippen LogP contribution is -2.01. The molecule has 0 aliphatic rings. The van der Waals surface area contributed by atoms with E-state index in [2.05, 4.69) is 37.8 Å². The molecular weight excluding hydrogens is 260 g/mol. The van der Waals surface area contributed by atoms with Crippen LogP contribution in [-0.4, -0.2) is 0 Å². The zero-order valence-corrected chi connectivity index (χ0v) is 13.0. The number of hydrogen-bond acceptors (Lipinski definition) is 0. The maximum Gasteiger partial charge on any atom is 0.165 e. The molecule has 0 spiro atoms. The standard InChI is InChI=1S/C19H23S/c1-6-10-13-14-17-20(18(5)15-11-7-2)19(9-4)16-12-8-3/h6-17H,1-2,4-5H2,3H3/q+1/b12-8+,13-10-,15-11-,17-14+,19-16+. The molecule has 0 rings (SSSR count). The Morgan fingerprint density at radius 2 is 1.60 bits per heavy atom. The molecule has 20 heavy (non-hydrogen) atoms. The number of hydrogen-bond donors (Lipinski definition) is 0. The Morgan fingerprint density at radius 1 is 0.900 bits per heavy atom. The van der Waals surface area contributed by atoms with Crippen LogP contribution in [0.1, 0.15) is 6.92 Å². The van der Waals surface area contributed by atoms with Crippen molar-refractivity contribution >= 4 is 10.9 Å². The molecule has 0 aliphatic carbocycles. The molecule has 0 radical (unpaired) electrons. The Labute approximate surface area is 126 Å². The van der Waals surface area contributed by atoms with Crippen molar-refractivity contribution in [1.82, 2.24) is 0 Å². The smallest absolute Gasteiger partial charge is 0.0991 e. The minimum Gasteiger partial charge on any atom is -0.0991 e. The fourth-order valence-corrected chi connectivity index (χ4v) is 2.77. The molecule has 0 nitrogen and oxygen atoms in total. The van der Waals surface area contributed by atoms with E-state index in [0.29, 0.717) is 0 Å². The first kappa shape index (κ1) is 18.0. The van der Waals surface area contributed by atoms with Gasteiger partial charge in [-0.25, -0.2) is 0 Å². The van der Waals surface area contributed by atoms with Gasteiger partial charge >= 0.3 is 0 Å². The summed E-state index contributed by atoms with van der Waals surface area (Å²) in [6, 6.07) is 0. The van der Waals surface area contributed by atoms with Crippen molar-refractivity contribution in [2.75, 3.05) is 0 Å². The highest BCUT2D eigenvalue weighted by Crippen LogP contribution is 2.23. The van der Waals surface area contributed by atoms with Gasteiger partial charge in [0.1, 0.15) is 5.41 Å². The molecule has 1 unspecified atom stereocenters. The summed E-state index contributed by atoms with van der Waals surface area (Å²) in [5.41, 5.74) is 0. The maximum atomic E-state index is 4.14. The van der Waals surface area contributed by atoms with Gasteiger partial charge in [-0.15, -0.1) is 0 Å². The summed E-state index contributed by atoms with van der Waals surface area (Å²) < 4.78 is 0. The van der Waals surface area contributed by atoms with Crippen LogP contribution in [0, 0.1) is 0 Å². The molecule has 0 saturated heterocycles. The third kappa shape index (κ3) is 7.45. The van der Waals surface area contributed by atoms with Crippen molar-refractivity contribution in [2.45, 2.75) is 6.92 Å². The van der Waals surface area contributed by atoms with Crippen LogP contribution in [0.5, 0.6) is 0 Å². The molecule has 104 valence electrons. The first-order chi connectivity index (χ1) is 9.71. The lowest BCUT2D eigenvalue weighted by atomic mass is 10.4. The summed E-state index contributed by atoms with van der Waals surface area (Å²) in [5.74, 6) is 0. The lowest BCUT2D eigenvalue weighted by Gasteiger charge is -2.02. The fourth-order valence-electron chi connectivity index (χ4n) is 1.25. The summed E-state index contributed by atoms with van der Waals surface area (Å²) in [5, 5.41) is 2.12. The van der Waals surface area contributed by atoms with Gasteiger partial charge in [0.05, 0.1) is 10.9 Å². The van der Waals surface area contributed by atoms with Crippen molar-refractivity contribution in [1.29, 1.82) is 0 Å². The highest BCUT2D eigenvalue weighted by atomic mass is 32.2. The number of allylic oxidation sites excluding steroid dienone is 11. The van der Waals surface area contributed by atoms with E-state index in [1.807, 2.05) is 55.5 Å². The molecule has 1 atom stereocenters. The predicted octanol–water partition coefficient (Wildman–Crippen LogP) is 5.76. The van der Waals surface area contributed by atoms with Crippen molar-refractivity contribution in [3.63, 3.8) is 0 Å². The van der Waals surface area contributed by atoms with Crippen molar-refractivity contribution in [3.8, 4) is 0 Å². The van der Waals surface area contributed by atoms with Crippen LogP contribution in [0.25, 0.3) is 0 Å². The molecule has 0 aromatic carbocycles. The molecule has 0 N–H and O–H groups in total. The lowest BCUT2D eigenvalue weighted by molar-refractivity contribution is 1.72. The zero-order chi connectivity index (χ0) is 15.2. The quantitative estimate of drug-likeness (QED) is 0.372. The normalized spacial score (nSPS) is 14.3. The second-order valence-electron chi connectivity index (χ2n) is 3.65. The van der Waals surface area contributed by atoms with Gasteiger partial charge in [-0.3, -0.25) is 0 Å². The molecule has 0 aromatic rings. The molecule has 0 bridgehead atoms. The molecule has 0 heterocycles. The molecule has 0 aliphatic heterocycles. The van der Waals surface area contributed by atoms with Gasteiger partial charge < -0.3 is 0 Å². The van der Waals surface area contributed by atoms with Gasteiger partial charge in [-0.2, -0.15) is 0 Å². The first-order valence-electron chi connectivity index (χ1n) is 6.33. The van der Waals surface area contributed by atoms with E-state index in [1.54, 1.807) is 12.2 Å². The Morgan fingerprint density at radius 3 is 2.15 bits per heavy atom. The van der Waals surface area contributed by atoms with E-state index in [-0.39, 0.29) is 10.9 Å². The van der Waals surface area contributed by atoms with Crippen LogP contribution in [0.15, 0.2) is 108 Å². The molecule has 1 heteroatoms. The Balaban J connectivity index is 5.37. The predicted molar refractivity (Wildman–Crippen MR) is 97.4 cm³/mol. The van der Waals surface area contributed by atoms with Crippen LogP contribution in [0.4, 0.5) is 0 Å². The molecular formula is C19H23S+. The van der Waals surface area contributed by atoms with Gasteiger partial charge in [0.2, 0.25) is 0 Å². The molecule has 0 fully saturated rings. The SMILES string of the molecule is C=C/C=C\C=C\[S+](C(=C)/C=C\C=C)/C(C=C)=C/C=C/C. The van der Waals surface area contributed by atoms with Gasteiger partial charge in [-0.05, 0) is 37.8 Å². The van der Waals surface area contributed by atoms with Gasteiger partial charge in [0, 0.05) is 0 Å². The largest absolute Gasteiger partial charge is 0.165 e. The number of rotatable bonds is 9. The van der Waals surface area contributed by atoms with Crippen molar-refractivity contribution < 1.29 is 0 Å². The first-order valence-corrected chi connectivity index (χ1v) is 7.62. The fraction of sp³-hybridized carbons (Fsp3) is 0.0526. The zero-order valence-electron chi connectivity index (χ0n) is 12.2. The third-order valence-corrected chi connectivity index (χ3v) is 4.12. The summed E-state index contributed by atoms with van der Waals surface area (Å²) in [7, 11) is -0.217. The summed E-state index contributed by atoms with van der Waals surface area (Å²) in [4.78, 5) is 2.15. The van der Waals surface area contributed by atoms with Crippen molar-refractivity contribution in [3.05, 3.63) is 108 Å². The van der Waals surface area contributed by atoms with E-state index >= 15 is 0 Å². The maximum absolute atomic E-state index is 4.14. The van der Waals surface area contributed by atoms with E-state index < -0.39 is 0 Å². The van der Waals surface area contributed by atoms with E-state index in [4.69, 9.17) is 0 Å². The summed E-state index contributed by atoms with van der Waals surface area (Å²) >= 11 is 0. The van der Waals surface area contributed by atoms with Crippen molar-refractivity contribution in [2.24, 2.45) is 0 Å². The highest BCUT2D eigenvalue weighted by Gasteiger charge is 2.22. The topological polar surface area (TPSA) is 0 Å². The minimum atomic E-state index is -0.217. The highest BCUT2D eigenvalue weighted by molar-refractivity contribution is 8.07. The van der Waals surface area contributed by atoms with Crippen LogP contribution in [-0.2, 0) is 10.9 Å². The van der Waals surface area contributed by atoms with Crippen LogP contribution < -0.4 is 0 Å². The van der Waals surface area contributed by atoms with E-state index in [1.165, 1.54) is 0 Å². The van der Waals surface area contributed by atoms with E-state index in [0.717, 1.165) is 9.81 Å². The molecule has 0 amide bonds. The third-order valence-electron chi connectivity index (χ3n) is 2.18. The van der Waals surface area contributed by atoms with Crippen LogP contribution in [0.2, 0.25) is 0 Å². The average molecular weight is 283 g/mol. The Bertz CT molecular complexity index is 482. The molecule has 0 saturated carbocycles. The average Bonchev–Trinajstić information content (AvgIpc) is 2.47. The summed E-state index contributed by atoms with van der Waals surface area (Å²) in [6.07, 6.45) is 21.2.